The number of halogens is 1. The van der Waals surface area contributed by atoms with E-state index in [4.69, 9.17) is 5.73 Å². The lowest BCUT2D eigenvalue weighted by Gasteiger charge is -2.01. The maximum absolute atomic E-state index is 5.67. The molecule has 0 saturated carbocycles. The minimum atomic E-state index is 0.592. The molecule has 0 aromatic carbocycles. The molecule has 0 amide bonds. The summed E-state index contributed by atoms with van der Waals surface area (Å²) in [5, 5.41) is 4.14. The maximum atomic E-state index is 5.67. The van der Waals surface area contributed by atoms with E-state index in [0.717, 1.165) is 10.9 Å². The van der Waals surface area contributed by atoms with Gasteiger partial charge in [-0.2, -0.15) is 5.10 Å². The molecule has 0 aliphatic rings. The fraction of sp³-hybridized carbons (Fsp3) is 0.667. The Balaban J connectivity index is 2.64. The van der Waals surface area contributed by atoms with E-state index in [1.807, 2.05) is 11.7 Å². The molecule has 0 unspecified atom stereocenters. The van der Waals surface area contributed by atoms with Crippen LogP contribution in [0.3, 0.4) is 0 Å². The van der Waals surface area contributed by atoms with Crippen LogP contribution >= 0.6 is 15.9 Å². The van der Waals surface area contributed by atoms with Crippen LogP contribution in [0.5, 0.6) is 0 Å². The molecule has 3 nitrogen and oxygen atoms in total. The number of unbranched alkanes of at least 4 members (excludes halogenated alkanes) is 2. The Labute approximate surface area is 87.4 Å². The van der Waals surface area contributed by atoms with Gasteiger partial charge in [0.2, 0.25) is 0 Å². The molecule has 1 aromatic heterocycles. The van der Waals surface area contributed by atoms with Crippen molar-refractivity contribution in [1.82, 2.24) is 9.78 Å². The van der Waals surface area contributed by atoms with Crippen LogP contribution in [0, 0.1) is 0 Å². The molecule has 13 heavy (non-hydrogen) atoms. The van der Waals surface area contributed by atoms with E-state index < -0.39 is 0 Å². The highest BCUT2D eigenvalue weighted by Crippen LogP contribution is 2.24. The summed E-state index contributed by atoms with van der Waals surface area (Å²) in [6, 6.07) is 0. The van der Waals surface area contributed by atoms with Crippen LogP contribution in [-0.2, 0) is 13.5 Å². The smallest absolute Gasteiger partial charge is 0.160 e. The first kappa shape index (κ1) is 10.6. The number of hydrogen-bond donors (Lipinski definition) is 1. The lowest BCUT2D eigenvalue weighted by atomic mass is 10.1. The van der Waals surface area contributed by atoms with Crippen molar-refractivity contribution in [2.45, 2.75) is 32.6 Å². The first-order valence-electron chi connectivity index (χ1n) is 4.63. The third kappa shape index (κ3) is 2.46. The van der Waals surface area contributed by atoms with Crippen molar-refractivity contribution in [3.63, 3.8) is 0 Å². The van der Waals surface area contributed by atoms with Gasteiger partial charge in [-0.05, 0) is 28.8 Å². The Morgan fingerprint density at radius 3 is 2.62 bits per heavy atom. The Hall–Kier alpha value is -0.510. The summed E-state index contributed by atoms with van der Waals surface area (Å²) in [6.45, 7) is 2.20. The largest absolute Gasteiger partial charge is 0.381 e. The van der Waals surface area contributed by atoms with Crippen LogP contribution in [0.1, 0.15) is 31.9 Å². The van der Waals surface area contributed by atoms with Crippen LogP contribution < -0.4 is 5.73 Å². The van der Waals surface area contributed by atoms with Gasteiger partial charge in [-0.3, -0.25) is 4.68 Å². The molecule has 0 aliphatic heterocycles. The van der Waals surface area contributed by atoms with Crippen LogP contribution in [0.25, 0.3) is 0 Å². The van der Waals surface area contributed by atoms with E-state index in [-0.39, 0.29) is 0 Å². The number of hydrogen-bond acceptors (Lipinski definition) is 2. The van der Waals surface area contributed by atoms with E-state index in [1.165, 1.54) is 25.0 Å². The van der Waals surface area contributed by atoms with E-state index in [0.29, 0.717) is 5.82 Å². The van der Waals surface area contributed by atoms with Crippen LogP contribution in [0.4, 0.5) is 5.82 Å². The van der Waals surface area contributed by atoms with Gasteiger partial charge in [-0.25, -0.2) is 0 Å². The lowest BCUT2D eigenvalue weighted by Crippen LogP contribution is -1.98. The Morgan fingerprint density at radius 2 is 2.15 bits per heavy atom. The number of nitrogens with zero attached hydrogens (tertiary/aromatic N) is 2. The molecule has 0 aliphatic carbocycles. The van der Waals surface area contributed by atoms with Gasteiger partial charge in [-0.1, -0.05) is 19.8 Å². The predicted octanol–water partition coefficient (Wildman–Crippen LogP) is 2.50. The SMILES string of the molecule is CCCCCc1c(Br)c(N)nn1C. The van der Waals surface area contributed by atoms with Gasteiger partial charge < -0.3 is 5.73 Å². The molecular weight excluding hydrogens is 230 g/mol. The summed E-state index contributed by atoms with van der Waals surface area (Å²) in [5.41, 5.74) is 6.87. The topological polar surface area (TPSA) is 43.8 Å². The van der Waals surface area contributed by atoms with Crippen LogP contribution in [0.15, 0.2) is 4.47 Å². The van der Waals surface area contributed by atoms with Gasteiger partial charge in [-0.15, -0.1) is 0 Å². The zero-order valence-electron chi connectivity index (χ0n) is 8.18. The molecule has 1 heterocycles. The number of rotatable bonds is 4. The molecule has 0 fully saturated rings. The molecule has 0 bridgehead atoms. The quantitative estimate of drug-likeness (QED) is 0.829. The Kier molecular flexibility index (Phi) is 3.78. The van der Waals surface area contributed by atoms with E-state index in [9.17, 15) is 0 Å². The van der Waals surface area contributed by atoms with Gasteiger partial charge in [0.15, 0.2) is 5.82 Å². The zero-order chi connectivity index (χ0) is 9.84. The molecule has 1 aromatic rings. The highest BCUT2D eigenvalue weighted by atomic mass is 79.9. The predicted molar refractivity (Wildman–Crippen MR) is 58.5 cm³/mol. The first-order chi connectivity index (χ1) is 6.16. The van der Waals surface area contributed by atoms with Crippen molar-refractivity contribution in [3.8, 4) is 0 Å². The molecule has 0 atom stereocenters. The summed E-state index contributed by atoms with van der Waals surface area (Å²) in [4.78, 5) is 0. The average molecular weight is 246 g/mol. The van der Waals surface area contributed by atoms with Gasteiger partial charge in [0.1, 0.15) is 0 Å². The van der Waals surface area contributed by atoms with Gasteiger partial charge in [0.25, 0.3) is 0 Å². The second-order valence-electron chi connectivity index (χ2n) is 3.23. The number of anilines is 1. The molecular formula is C9H16BrN3. The number of aryl methyl sites for hydroxylation is 1. The van der Waals surface area contributed by atoms with E-state index in [2.05, 4.69) is 28.0 Å². The molecule has 0 radical (unpaired) electrons. The minimum absolute atomic E-state index is 0.592. The molecule has 1 rings (SSSR count). The van der Waals surface area contributed by atoms with Gasteiger partial charge in [0, 0.05) is 7.05 Å². The molecule has 0 spiro atoms. The first-order valence-corrected chi connectivity index (χ1v) is 5.43. The third-order valence-corrected chi connectivity index (χ3v) is 3.01. The highest BCUT2D eigenvalue weighted by Gasteiger charge is 2.09. The van der Waals surface area contributed by atoms with Gasteiger partial charge in [0.05, 0.1) is 10.2 Å². The summed E-state index contributed by atoms with van der Waals surface area (Å²) in [5.74, 6) is 0.592. The highest BCUT2D eigenvalue weighted by molar-refractivity contribution is 9.10. The van der Waals surface area contributed by atoms with Crippen molar-refractivity contribution < 1.29 is 0 Å². The van der Waals surface area contributed by atoms with Gasteiger partial charge >= 0.3 is 0 Å². The molecule has 0 saturated heterocycles. The fourth-order valence-corrected chi connectivity index (χ4v) is 1.90. The number of nitrogens with two attached hydrogens (primary N) is 1. The second-order valence-corrected chi connectivity index (χ2v) is 4.02. The van der Waals surface area contributed by atoms with Crippen molar-refractivity contribution in [2.24, 2.45) is 7.05 Å². The summed E-state index contributed by atoms with van der Waals surface area (Å²) >= 11 is 3.44. The zero-order valence-corrected chi connectivity index (χ0v) is 9.76. The summed E-state index contributed by atoms with van der Waals surface area (Å²) in [7, 11) is 1.93. The van der Waals surface area contributed by atoms with Crippen LogP contribution in [0.2, 0.25) is 0 Å². The normalized spacial score (nSPS) is 10.7. The van der Waals surface area contributed by atoms with Crippen molar-refractivity contribution in [3.05, 3.63) is 10.2 Å². The third-order valence-electron chi connectivity index (χ3n) is 2.14. The maximum Gasteiger partial charge on any atom is 0.160 e. The summed E-state index contributed by atoms with van der Waals surface area (Å²) < 4.78 is 2.82. The lowest BCUT2D eigenvalue weighted by molar-refractivity contribution is 0.652. The fourth-order valence-electron chi connectivity index (χ4n) is 1.37. The standard InChI is InChI=1S/C9H16BrN3/c1-3-4-5-6-7-8(10)9(11)12-13(7)2/h3-6H2,1-2H3,(H2,11,12). The average Bonchev–Trinajstić information content (AvgIpc) is 2.32. The van der Waals surface area contributed by atoms with Crippen LogP contribution in [-0.4, -0.2) is 9.78 Å². The van der Waals surface area contributed by atoms with E-state index >= 15 is 0 Å². The monoisotopic (exact) mass is 245 g/mol. The Bertz CT molecular complexity index is 281. The van der Waals surface area contributed by atoms with Crippen molar-refractivity contribution >= 4 is 21.7 Å². The summed E-state index contributed by atoms with van der Waals surface area (Å²) in [6.07, 6.45) is 4.76. The molecule has 2 N–H and O–H groups in total. The molecule has 74 valence electrons. The van der Waals surface area contributed by atoms with Crippen molar-refractivity contribution in [1.29, 1.82) is 0 Å². The second kappa shape index (κ2) is 4.65. The van der Waals surface area contributed by atoms with Crippen molar-refractivity contribution in [2.75, 3.05) is 5.73 Å². The number of aromatic nitrogens is 2. The molecule has 4 heteroatoms. The Morgan fingerprint density at radius 1 is 1.46 bits per heavy atom. The number of nitrogen functional groups attached to an aromatic ring is 1. The minimum Gasteiger partial charge on any atom is -0.381 e. The van der Waals surface area contributed by atoms with E-state index in [1.54, 1.807) is 0 Å².